The summed E-state index contributed by atoms with van der Waals surface area (Å²) in [6, 6.07) is 12.4. The van der Waals surface area contributed by atoms with Gasteiger partial charge in [-0.3, -0.25) is 0 Å². The van der Waals surface area contributed by atoms with Gasteiger partial charge < -0.3 is 10.1 Å². The highest BCUT2D eigenvalue weighted by molar-refractivity contribution is 7.91. The molecule has 4 nitrogen and oxygen atoms in total. The van der Waals surface area contributed by atoms with Crippen LogP contribution in [0.3, 0.4) is 0 Å². The quantitative estimate of drug-likeness (QED) is 0.849. The largest absolute Gasteiger partial charge is 0.494 e. The van der Waals surface area contributed by atoms with Gasteiger partial charge in [-0.25, -0.2) is 8.42 Å². The predicted octanol–water partition coefficient (Wildman–Crippen LogP) is 3.18. The number of fused-ring (bicyclic) bond motifs is 1. The number of sulfone groups is 1. The van der Waals surface area contributed by atoms with E-state index in [-0.39, 0.29) is 18.3 Å². The van der Waals surface area contributed by atoms with Gasteiger partial charge in [0.05, 0.1) is 18.1 Å². The second-order valence-corrected chi connectivity index (χ2v) is 8.33. The van der Waals surface area contributed by atoms with E-state index in [1.165, 1.54) is 10.8 Å². The van der Waals surface area contributed by atoms with Crippen LogP contribution < -0.4 is 10.1 Å². The molecule has 1 atom stereocenters. The lowest BCUT2D eigenvalue weighted by Gasteiger charge is -2.15. The molecule has 6 heteroatoms. The number of hydrogen-bond acceptors (Lipinski definition) is 4. The van der Waals surface area contributed by atoms with Gasteiger partial charge in [0.25, 0.3) is 0 Å². The molecule has 0 bridgehead atoms. The average Bonchev–Trinajstić information content (AvgIpc) is 2.88. The Balaban J connectivity index is 0.00000208. The first-order valence-corrected chi connectivity index (χ1v) is 9.96. The molecule has 0 saturated carbocycles. The van der Waals surface area contributed by atoms with Crippen molar-refractivity contribution in [3.63, 3.8) is 0 Å². The van der Waals surface area contributed by atoms with Crippen molar-refractivity contribution in [1.29, 1.82) is 0 Å². The summed E-state index contributed by atoms with van der Waals surface area (Å²) in [7, 11) is -2.81. The molecule has 1 N–H and O–H groups in total. The summed E-state index contributed by atoms with van der Waals surface area (Å²) in [6.45, 7) is 4.03. The molecule has 24 heavy (non-hydrogen) atoms. The highest BCUT2D eigenvalue weighted by Gasteiger charge is 2.27. The number of halogens is 1. The van der Waals surface area contributed by atoms with E-state index in [1.54, 1.807) is 0 Å². The second-order valence-electron chi connectivity index (χ2n) is 6.10. The van der Waals surface area contributed by atoms with Crippen molar-refractivity contribution in [3.05, 3.63) is 42.0 Å². The fourth-order valence-electron chi connectivity index (χ4n) is 3.22. The van der Waals surface area contributed by atoms with Gasteiger partial charge in [0.15, 0.2) is 9.84 Å². The van der Waals surface area contributed by atoms with Gasteiger partial charge in [0, 0.05) is 12.1 Å². The SMILES string of the molecule is CCOc1ccc2ccccc2c1CNCC1CCS(=O)(=O)C1.Cl. The third-order valence-electron chi connectivity index (χ3n) is 4.36. The molecule has 0 amide bonds. The molecule has 0 radical (unpaired) electrons. The van der Waals surface area contributed by atoms with Crippen molar-refractivity contribution in [3.8, 4) is 5.75 Å². The van der Waals surface area contributed by atoms with Gasteiger partial charge in [-0.1, -0.05) is 30.3 Å². The van der Waals surface area contributed by atoms with Gasteiger partial charge >= 0.3 is 0 Å². The fourth-order valence-corrected chi connectivity index (χ4v) is 5.09. The summed E-state index contributed by atoms with van der Waals surface area (Å²) in [5, 5.41) is 5.80. The fraction of sp³-hybridized carbons (Fsp3) is 0.444. The summed E-state index contributed by atoms with van der Waals surface area (Å²) < 4.78 is 28.8. The van der Waals surface area contributed by atoms with Crippen molar-refractivity contribution in [2.45, 2.75) is 19.9 Å². The smallest absolute Gasteiger partial charge is 0.150 e. The van der Waals surface area contributed by atoms with Crippen LogP contribution in [-0.2, 0) is 16.4 Å². The zero-order valence-electron chi connectivity index (χ0n) is 13.8. The summed E-state index contributed by atoms with van der Waals surface area (Å²) in [5.74, 6) is 1.77. The van der Waals surface area contributed by atoms with Crippen molar-refractivity contribution >= 4 is 33.0 Å². The molecule has 1 heterocycles. The maximum Gasteiger partial charge on any atom is 0.150 e. The number of nitrogens with one attached hydrogen (secondary N) is 1. The molecule has 2 aromatic rings. The average molecular weight is 370 g/mol. The van der Waals surface area contributed by atoms with Crippen LogP contribution in [0.15, 0.2) is 36.4 Å². The Labute approximate surface area is 149 Å². The Morgan fingerprint density at radius 2 is 2.00 bits per heavy atom. The lowest BCUT2D eigenvalue weighted by Crippen LogP contribution is -2.23. The molecule has 0 spiro atoms. The highest BCUT2D eigenvalue weighted by atomic mass is 35.5. The van der Waals surface area contributed by atoms with Crippen LogP contribution in [0.5, 0.6) is 5.75 Å². The topological polar surface area (TPSA) is 55.4 Å². The van der Waals surface area contributed by atoms with Crippen LogP contribution >= 0.6 is 12.4 Å². The van der Waals surface area contributed by atoms with Crippen LogP contribution in [0.1, 0.15) is 18.9 Å². The van der Waals surface area contributed by atoms with Crippen molar-refractivity contribution in [1.82, 2.24) is 5.32 Å². The van der Waals surface area contributed by atoms with Crippen LogP contribution in [0.25, 0.3) is 10.8 Å². The first-order chi connectivity index (χ1) is 11.1. The second kappa shape index (κ2) is 8.19. The van der Waals surface area contributed by atoms with E-state index in [9.17, 15) is 8.42 Å². The minimum atomic E-state index is -2.81. The van der Waals surface area contributed by atoms with E-state index >= 15 is 0 Å². The monoisotopic (exact) mass is 369 g/mol. The molecule has 1 aliphatic heterocycles. The maximum absolute atomic E-state index is 11.5. The van der Waals surface area contributed by atoms with Crippen molar-refractivity contribution in [2.24, 2.45) is 5.92 Å². The van der Waals surface area contributed by atoms with Crippen LogP contribution in [0.2, 0.25) is 0 Å². The van der Waals surface area contributed by atoms with E-state index < -0.39 is 9.84 Å². The van der Waals surface area contributed by atoms with Crippen molar-refractivity contribution < 1.29 is 13.2 Å². The zero-order chi connectivity index (χ0) is 16.3. The van der Waals surface area contributed by atoms with E-state index in [0.29, 0.717) is 24.7 Å². The Morgan fingerprint density at radius 3 is 2.71 bits per heavy atom. The molecule has 2 aromatic carbocycles. The summed E-state index contributed by atoms with van der Waals surface area (Å²) in [4.78, 5) is 0. The third-order valence-corrected chi connectivity index (χ3v) is 6.20. The van der Waals surface area contributed by atoms with Gasteiger partial charge in [-0.05, 0) is 42.6 Å². The minimum absolute atomic E-state index is 0. The summed E-state index contributed by atoms with van der Waals surface area (Å²) >= 11 is 0. The molecular weight excluding hydrogens is 346 g/mol. The van der Waals surface area contributed by atoms with Gasteiger partial charge in [-0.15, -0.1) is 12.4 Å². The van der Waals surface area contributed by atoms with Crippen LogP contribution in [0.4, 0.5) is 0 Å². The number of hydrogen-bond donors (Lipinski definition) is 1. The Bertz CT molecular complexity index is 792. The third kappa shape index (κ3) is 4.41. The first kappa shape index (κ1) is 19.0. The summed E-state index contributed by atoms with van der Waals surface area (Å²) in [6.07, 6.45) is 0.767. The molecule has 0 aliphatic carbocycles. The molecule has 132 valence electrons. The highest BCUT2D eigenvalue weighted by Crippen LogP contribution is 2.28. The van der Waals surface area contributed by atoms with Gasteiger partial charge in [0.2, 0.25) is 0 Å². The number of benzene rings is 2. The first-order valence-electron chi connectivity index (χ1n) is 8.13. The van der Waals surface area contributed by atoms with E-state index in [4.69, 9.17) is 4.74 Å². The van der Waals surface area contributed by atoms with E-state index in [2.05, 4.69) is 23.5 Å². The minimum Gasteiger partial charge on any atom is -0.494 e. The molecule has 1 unspecified atom stereocenters. The standard InChI is InChI=1S/C18H23NO3S.ClH/c1-2-22-18-8-7-15-5-3-4-6-16(15)17(18)12-19-11-14-9-10-23(20,21)13-14;/h3-8,14,19H,2,9-13H2,1H3;1H. The Kier molecular flexibility index (Phi) is 6.49. The zero-order valence-corrected chi connectivity index (χ0v) is 15.5. The molecule has 1 fully saturated rings. The Morgan fingerprint density at radius 1 is 1.21 bits per heavy atom. The molecule has 1 aliphatic rings. The van der Waals surface area contributed by atoms with Gasteiger partial charge in [0.1, 0.15) is 5.75 Å². The van der Waals surface area contributed by atoms with Gasteiger partial charge in [-0.2, -0.15) is 0 Å². The van der Waals surface area contributed by atoms with Crippen LogP contribution in [0, 0.1) is 5.92 Å². The van der Waals surface area contributed by atoms with E-state index in [1.807, 2.05) is 25.1 Å². The molecule has 3 rings (SSSR count). The number of rotatable bonds is 6. The molecule has 1 saturated heterocycles. The lowest BCUT2D eigenvalue weighted by molar-refractivity contribution is 0.336. The van der Waals surface area contributed by atoms with Crippen molar-refractivity contribution in [2.75, 3.05) is 24.7 Å². The van der Waals surface area contributed by atoms with Crippen LogP contribution in [-0.4, -0.2) is 33.1 Å². The lowest BCUT2D eigenvalue weighted by atomic mass is 10.0. The molecule has 0 aromatic heterocycles. The Hall–Kier alpha value is -1.30. The normalized spacial score (nSPS) is 19.1. The molecular formula is C18H24ClNO3S. The predicted molar refractivity (Wildman–Crippen MR) is 101 cm³/mol. The maximum atomic E-state index is 11.5. The van der Waals surface area contributed by atoms with E-state index in [0.717, 1.165) is 24.3 Å². The summed E-state index contributed by atoms with van der Waals surface area (Å²) in [5.41, 5.74) is 1.14. The number of ether oxygens (including phenoxy) is 1.